The van der Waals surface area contributed by atoms with Crippen LogP contribution in [0, 0.1) is 11.8 Å². The van der Waals surface area contributed by atoms with E-state index in [1.165, 1.54) is 38.5 Å². The highest BCUT2D eigenvalue weighted by Crippen LogP contribution is 2.37. The van der Waals surface area contributed by atoms with E-state index in [0.29, 0.717) is 0 Å². The summed E-state index contributed by atoms with van der Waals surface area (Å²) in [6.45, 7) is 4.68. The topological polar surface area (TPSA) is 0 Å². The molecular formula is C10H20. The molecule has 1 saturated carbocycles. The van der Waals surface area contributed by atoms with Gasteiger partial charge in [0.05, 0.1) is 0 Å². The van der Waals surface area contributed by atoms with Gasteiger partial charge < -0.3 is 0 Å². The Labute approximate surface area is 65.0 Å². The first-order valence-electron chi connectivity index (χ1n) is 4.84. The monoisotopic (exact) mass is 140 g/mol. The molecule has 60 valence electrons. The molecule has 2 atom stereocenters. The number of hydrogen-bond acceptors (Lipinski definition) is 0. The van der Waals surface area contributed by atoms with Gasteiger partial charge in [0.25, 0.3) is 0 Å². The van der Waals surface area contributed by atoms with E-state index in [-0.39, 0.29) is 0 Å². The van der Waals surface area contributed by atoms with Crippen LogP contribution in [0.2, 0.25) is 0 Å². The van der Waals surface area contributed by atoms with Crippen LogP contribution in [0.25, 0.3) is 0 Å². The summed E-state index contributed by atoms with van der Waals surface area (Å²) in [7, 11) is 0. The lowest BCUT2D eigenvalue weighted by atomic mass is 9.72. The van der Waals surface area contributed by atoms with Crippen molar-refractivity contribution >= 4 is 0 Å². The zero-order valence-corrected chi connectivity index (χ0v) is 7.40. The molecule has 0 spiro atoms. The second kappa shape index (κ2) is 4.00. The largest absolute Gasteiger partial charge is 0.0654 e. The van der Waals surface area contributed by atoms with Crippen molar-refractivity contribution in [1.29, 1.82) is 0 Å². The Morgan fingerprint density at radius 3 is 2.40 bits per heavy atom. The van der Waals surface area contributed by atoms with E-state index in [4.69, 9.17) is 0 Å². The summed E-state index contributed by atoms with van der Waals surface area (Å²) in [5.74, 6) is 2.16. The predicted octanol–water partition coefficient (Wildman–Crippen LogP) is 3.61. The maximum Gasteiger partial charge on any atom is -0.0388 e. The summed E-state index contributed by atoms with van der Waals surface area (Å²) < 4.78 is 0. The standard InChI is InChI=1S/C10H20/c1-3-4-5-6-10-8-7-9(10)2/h9-10H,3-8H2,1-2H3. The minimum Gasteiger partial charge on any atom is -0.0654 e. The molecule has 0 bridgehead atoms. The van der Waals surface area contributed by atoms with Gasteiger partial charge in [-0.15, -0.1) is 0 Å². The van der Waals surface area contributed by atoms with Crippen LogP contribution >= 0.6 is 0 Å². The van der Waals surface area contributed by atoms with Crippen LogP contribution < -0.4 is 0 Å². The second-order valence-corrected chi connectivity index (χ2v) is 3.81. The molecule has 0 aliphatic heterocycles. The minimum absolute atomic E-state index is 1.05. The highest BCUT2D eigenvalue weighted by atomic mass is 14.3. The zero-order chi connectivity index (χ0) is 7.40. The lowest BCUT2D eigenvalue weighted by Crippen LogP contribution is -2.22. The molecule has 1 aliphatic rings. The fourth-order valence-electron chi connectivity index (χ4n) is 1.82. The van der Waals surface area contributed by atoms with Crippen LogP contribution in [-0.2, 0) is 0 Å². The third-order valence-electron chi connectivity index (χ3n) is 2.98. The van der Waals surface area contributed by atoms with Crippen molar-refractivity contribution < 1.29 is 0 Å². The van der Waals surface area contributed by atoms with Gasteiger partial charge in [-0.2, -0.15) is 0 Å². The molecule has 0 nitrogen and oxygen atoms in total. The van der Waals surface area contributed by atoms with Gasteiger partial charge in [0.15, 0.2) is 0 Å². The molecular weight excluding hydrogens is 120 g/mol. The quantitative estimate of drug-likeness (QED) is 0.523. The number of hydrogen-bond donors (Lipinski definition) is 0. The number of rotatable bonds is 4. The molecule has 0 heteroatoms. The first kappa shape index (κ1) is 8.10. The van der Waals surface area contributed by atoms with Gasteiger partial charge in [-0.25, -0.2) is 0 Å². The van der Waals surface area contributed by atoms with E-state index >= 15 is 0 Å². The van der Waals surface area contributed by atoms with Crippen LogP contribution in [0.4, 0.5) is 0 Å². The lowest BCUT2D eigenvalue weighted by molar-refractivity contribution is 0.179. The van der Waals surface area contributed by atoms with Crippen molar-refractivity contribution in [3.05, 3.63) is 0 Å². The highest BCUT2D eigenvalue weighted by Gasteiger charge is 2.25. The van der Waals surface area contributed by atoms with E-state index in [2.05, 4.69) is 13.8 Å². The second-order valence-electron chi connectivity index (χ2n) is 3.81. The lowest BCUT2D eigenvalue weighted by Gasteiger charge is -2.33. The maximum absolute atomic E-state index is 2.40. The predicted molar refractivity (Wildman–Crippen MR) is 46.0 cm³/mol. The Balaban J connectivity index is 1.92. The molecule has 10 heavy (non-hydrogen) atoms. The van der Waals surface area contributed by atoms with Gasteiger partial charge >= 0.3 is 0 Å². The molecule has 0 aromatic heterocycles. The average molecular weight is 140 g/mol. The molecule has 1 fully saturated rings. The summed E-state index contributed by atoms with van der Waals surface area (Å²) >= 11 is 0. The Morgan fingerprint density at radius 2 is 2.00 bits per heavy atom. The summed E-state index contributed by atoms with van der Waals surface area (Å²) in [4.78, 5) is 0. The molecule has 0 amide bonds. The minimum atomic E-state index is 1.05. The molecule has 2 unspecified atom stereocenters. The van der Waals surface area contributed by atoms with E-state index in [1.807, 2.05) is 0 Å². The molecule has 0 N–H and O–H groups in total. The third kappa shape index (κ3) is 2.00. The molecule has 0 saturated heterocycles. The Kier molecular flexibility index (Phi) is 3.24. The van der Waals surface area contributed by atoms with Crippen LogP contribution in [0.1, 0.15) is 52.4 Å². The van der Waals surface area contributed by atoms with E-state index < -0.39 is 0 Å². The van der Waals surface area contributed by atoms with Crippen molar-refractivity contribution in [2.45, 2.75) is 52.4 Å². The van der Waals surface area contributed by atoms with E-state index in [0.717, 1.165) is 11.8 Å². The van der Waals surface area contributed by atoms with Crippen molar-refractivity contribution in [1.82, 2.24) is 0 Å². The number of unbranched alkanes of at least 4 members (excludes halogenated alkanes) is 2. The van der Waals surface area contributed by atoms with Crippen LogP contribution in [-0.4, -0.2) is 0 Å². The molecule has 1 rings (SSSR count). The van der Waals surface area contributed by atoms with E-state index in [1.54, 1.807) is 0 Å². The summed E-state index contributed by atoms with van der Waals surface area (Å²) in [6.07, 6.45) is 8.83. The fraction of sp³-hybridized carbons (Fsp3) is 1.00. The van der Waals surface area contributed by atoms with Gasteiger partial charge in [0.1, 0.15) is 0 Å². The summed E-state index contributed by atoms with van der Waals surface area (Å²) in [5, 5.41) is 0. The van der Waals surface area contributed by atoms with Crippen molar-refractivity contribution in [2.75, 3.05) is 0 Å². The van der Waals surface area contributed by atoms with Gasteiger partial charge in [0, 0.05) is 0 Å². The molecule has 0 aromatic carbocycles. The van der Waals surface area contributed by atoms with E-state index in [9.17, 15) is 0 Å². The smallest absolute Gasteiger partial charge is 0.0388 e. The van der Waals surface area contributed by atoms with Gasteiger partial charge in [-0.3, -0.25) is 0 Å². The Hall–Kier alpha value is 0. The fourth-order valence-corrected chi connectivity index (χ4v) is 1.82. The average Bonchev–Trinajstić information content (AvgIpc) is 1.95. The normalized spacial score (nSPS) is 31.8. The molecule has 1 aliphatic carbocycles. The van der Waals surface area contributed by atoms with Gasteiger partial charge in [-0.05, 0) is 18.3 Å². The molecule has 0 radical (unpaired) electrons. The van der Waals surface area contributed by atoms with Crippen LogP contribution in [0.5, 0.6) is 0 Å². The first-order valence-corrected chi connectivity index (χ1v) is 4.84. The molecule has 0 aromatic rings. The third-order valence-corrected chi connectivity index (χ3v) is 2.98. The van der Waals surface area contributed by atoms with Crippen molar-refractivity contribution in [3.8, 4) is 0 Å². The first-order chi connectivity index (χ1) is 4.84. The SMILES string of the molecule is CCCCCC1CCC1C. The summed E-state index contributed by atoms with van der Waals surface area (Å²) in [6, 6.07) is 0. The highest BCUT2D eigenvalue weighted by molar-refractivity contribution is 4.76. The van der Waals surface area contributed by atoms with Crippen LogP contribution in [0.3, 0.4) is 0 Å². The van der Waals surface area contributed by atoms with Crippen molar-refractivity contribution in [2.24, 2.45) is 11.8 Å². The zero-order valence-electron chi connectivity index (χ0n) is 7.40. The van der Waals surface area contributed by atoms with Crippen molar-refractivity contribution in [3.63, 3.8) is 0 Å². The van der Waals surface area contributed by atoms with Gasteiger partial charge in [-0.1, -0.05) is 46.0 Å². The van der Waals surface area contributed by atoms with Crippen LogP contribution in [0.15, 0.2) is 0 Å². The summed E-state index contributed by atoms with van der Waals surface area (Å²) in [5.41, 5.74) is 0. The Morgan fingerprint density at radius 1 is 1.20 bits per heavy atom. The Bertz CT molecular complexity index is 86.0. The molecule has 0 heterocycles. The van der Waals surface area contributed by atoms with Gasteiger partial charge in [0.2, 0.25) is 0 Å². The maximum atomic E-state index is 2.40.